The standard InChI is InChI=1S/C21H13ClFN3O3S/c22-14-3-5-17(15(23)8-14)25-20(27)10-30-21-13(9-24)1-4-16(26-21)12-2-6-18-19(7-12)29-11-28-18/h1-8H,10-11H2,(H,25,27). The van der Waals surface area contributed by atoms with Crippen LogP contribution in [0.5, 0.6) is 11.5 Å². The van der Waals surface area contributed by atoms with E-state index in [-0.39, 0.29) is 23.3 Å². The number of anilines is 1. The summed E-state index contributed by atoms with van der Waals surface area (Å²) in [5.74, 6) is 0.182. The summed E-state index contributed by atoms with van der Waals surface area (Å²) in [5.41, 5.74) is 1.79. The molecular weight excluding hydrogens is 429 g/mol. The van der Waals surface area contributed by atoms with Crippen LogP contribution in [0.25, 0.3) is 11.3 Å². The number of fused-ring (bicyclic) bond motifs is 1. The zero-order valence-electron chi connectivity index (χ0n) is 15.3. The SMILES string of the molecule is N#Cc1ccc(-c2ccc3c(c2)OCO3)nc1SCC(=O)Nc1ccc(Cl)cc1F. The number of hydrogen-bond donors (Lipinski definition) is 1. The van der Waals surface area contributed by atoms with Gasteiger partial charge in [0.15, 0.2) is 11.5 Å². The van der Waals surface area contributed by atoms with Crippen LogP contribution in [0, 0.1) is 17.1 Å². The van der Waals surface area contributed by atoms with Crippen LogP contribution in [-0.2, 0) is 4.79 Å². The normalized spacial score (nSPS) is 11.8. The molecule has 1 N–H and O–H groups in total. The fraction of sp³-hybridized carbons (Fsp3) is 0.0952. The Bertz CT molecular complexity index is 1180. The molecule has 0 bridgehead atoms. The van der Waals surface area contributed by atoms with Gasteiger partial charge in [0.1, 0.15) is 16.9 Å². The Kier molecular flexibility index (Phi) is 5.74. The monoisotopic (exact) mass is 441 g/mol. The molecule has 0 saturated carbocycles. The van der Waals surface area contributed by atoms with E-state index in [1.165, 1.54) is 12.1 Å². The van der Waals surface area contributed by atoms with Crippen molar-refractivity contribution in [2.24, 2.45) is 0 Å². The topological polar surface area (TPSA) is 84.2 Å². The molecule has 0 saturated heterocycles. The van der Waals surface area contributed by atoms with Crippen molar-refractivity contribution in [1.29, 1.82) is 5.26 Å². The molecule has 0 radical (unpaired) electrons. The molecule has 0 spiro atoms. The van der Waals surface area contributed by atoms with Gasteiger partial charge in [0.2, 0.25) is 12.7 Å². The van der Waals surface area contributed by atoms with Crippen molar-refractivity contribution in [1.82, 2.24) is 4.98 Å². The molecule has 6 nitrogen and oxygen atoms in total. The Morgan fingerprint density at radius 3 is 2.83 bits per heavy atom. The van der Waals surface area contributed by atoms with Gasteiger partial charge in [-0.2, -0.15) is 5.26 Å². The first-order chi connectivity index (χ1) is 14.5. The lowest BCUT2D eigenvalue weighted by molar-refractivity contribution is -0.113. The number of nitrogens with zero attached hydrogens (tertiary/aromatic N) is 2. The Balaban J connectivity index is 1.50. The van der Waals surface area contributed by atoms with Gasteiger partial charge in [0, 0.05) is 10.6 Å². The predicted octanol–water partition coefficient (Wildman–Crippen LogP) is 4.87. The Hall–Kier alpha value is -3.28. The van der Waals surface area contributed by atoms with E-state index in [0.29, 0.717) is 27.8 Å². The average Bonchev–Trinajstić information content (AvgIpc) is 3.22. The molecule has 0 unspecified atom stereocenters. The number of halogens is 2. The summed E-state index contributed by atoms with van der Waals surface area (Å²) < 4.78 is 24.5. The number of amides is 1. The van der Waals surface area contributed by atoms with E-state index in [4.69, 9.17) is 21.1 Å². The van der Waals surface area contributed by atoms with Crippen LogP contribution in [0.4, 0.5) is 10.1 Å². The zero-order chi connectivity index (χ0) is 21.1. The van der Waals surface area contributed by atoms with Gasteiger partial charge in [-0.05, 0) is 48.5 Å². The molecule has 1 aromatic heterocycles. The van der Waals surface area contributed by atoms with Crippen molar-refractivity contribution in [2.75, 3.05) is 17.9 Å². The Morgan fingerprint density at radius 2 is 2.03 bits per heavy atom. The van der Waals surface area contributed by atoms with Gasteiger partial charge in [-0.1, -0.05) is 23.4 Å². The number of aromatic nitrogens is 1. The second-order valence-electron chi connectivity index (χ2n) is 6.19. The van der Waals surface area contributed by atoms with Gasteiger partial charge in [-0.15, -0.1) is 0 Å². The maximum absolute atomic E-state index is 13.8. The molecule has 1 aliphatic heterocycles. The molecule has 9 heteroatoms. The van der Waals surface area contributed by atoms with Crippen molar-refractivity contribution in [3.05, 3.63) is 64.9 Å². The summed E-state index contributed by atoms with van der Waals surface area (Å²) in [6, 6.07) is 14.9. The number of thioether (sulfide) groups is 1. The Morgan fingerprint density at radius 1 is 1.20 bits per heavy atom. The molecule has 0 aliphatic carbocycles. The van der Waals surface area contributed by atoms with Crippen molar-refractivity contribution >= 4 is 35.0 Å². The summed E-state index contributed by atoms with van der Waals surface area (Å²) in [7, 11) is 0. The van der Waals surface area contributed by atoms with Crippen molar-refractivity contribution in [3.8, 4) is 28.8 Å². The number of nitrogens with one attached hydrogen (secondary N) is 1. The number of carbonyl (C=O) groups excluding carboxylic acids is 1. The lowest BCUT2D eigenvalue weighted by atomic mass is 10.1. The van der Waals surface area contributed by atoms with E-state index in [9.17, 15) is 14.4 Å². The number of carbonyl (C=O) groups is 1. The smallest absolute Gasteiger partial charge is 0.234 e. The predicted molar refractivity (Wildman–Crippen MR) is 111 cm³/mol. The van der Waals surface area contributed by atoms with E-state index in [1.54, 1.807) is 24.3 Å². The van der Waals surface area contributed by atoms with Crippen molar-refractivity contribution in [2.45, 2.75) is 5.03 Å². The van der Waals surface area contributed by atoms with E-state index < -0.39 is 11.7 Å². The lowest BCUT2D eigenvalue weighted by Gasteiger charge is -2.09. The van der Waals surface area contributed by atoms with E-state index >= 15 is 0 Å². The minimum absolute atomic E-state index is 0.0348. The molecule has 3 aromatic rings. The number of hydrogen-bond acceptors (Lipinski definition) is 6. The molecule has 4 rings (SSSR count). The van der Waals surface area contributed by atoms with E-state index in [0.717, 1.165) is 23.4 Å². The first-order valence-corrected chi connectivity index (χ1v) is 10.1. The van der Waals surface area contributed by atoms with Gasteiger partial charge < -0.3 is 14.8 Å². The second kappa shape index (κ2) is 8.61. The van der Waals surface area contributed by atoms with Crippen LogP contribution < -0.4 is 14.8 Å². The van der Waals surface area contributed by atoms with Gasteiger partial charge in [-0.25, -0.2) is 9.37 Å². The van der Waals surface area contributed by atoms with Gasteiger partial charge in [0.25, 0.3) is 0 Å². The van der Waals surface area contributed by atoms with Crippen LogP contribution in [0.2, 0.25) is 5.02 Å². The summed E-state index contributed by atoms with van der Waals surface area (Å²) in [5, 5.41) is 12.5. The number of rotatable bonds is 5. The first-order valence-electron chi connectivity index (χ1n) is 8.72. The third kappa shape index (κ3) is 4.32. The molecule has 2 aromatic carbocycles. The third-order valence-electron chi connectivity index (χ3n) is 4.19. The average molecular weight is 442 g/mol. The summed E-state index contributed by atoms with van der Waals surface area (Å²) in [6.07, 6.45) is 0. The Labute approximate surface area is 180 Å². The van der Waals surface area contributed by atoms with Crippen molar-refractivity contribution < 1.29 is 18.7 Å². The fourth-order valence-corrected chi connectivity index (χ4v) is 3.69. The maximum atomic E-state index is 13.8. The molecule has 2 heterocycles. The first kappa shape index (κ1) is 20.0. The van der Waals surface area contributed by atoms with Crippen molar-refractivity contribution in [3.63, 3.8) is 0 Å². The largest absolute Gasteiger partial charge is 0.454 e. The molecular formula is C21H13ClFN3O3S. The summed E-state index contributed by atoms with van der Waals surface area (Å²) in [4.78, 5) is 16.8. The quantitative estimate of drug-likeness (QED) is 0.568. The maximum Gasteiger partial charge on any atom is 0.234 e. The molecule has 0 atom stereocenters. The molecule has 0 fully saturated rings. The van der Waals surface area contributed by atoms with Crippen LogP contribution in [-0.4, -0.2) is 23.4 Å². The molecule has 150 valence electrons. The highest BCUT2D eigenvalue weighted by molar-refractivity contribution is 8.00. The second-order valence-corrected chi connectivity index (χ2v) is 7.59. The van der Waals surface area contributed by atoms with Crippen LogP contribution in [0.1, 0.15) is 5.56 Å². The van der Waals surface area contributed by atoms with Gasteiger partial charge in [-0.3, -0.25) is 4.79 Å². The number of benzene rings is 2. The number of pyridine rings is 1. The highest BCUT2D eigenvalue weighted by Gasteiger charge is 2.16. The van der Waals surface area contributed by atoms with Crippen LogP contribution in [0.3, 0.4) is 0 Å². The van der Waals surface area contributed by atoms with Gasteiger partial charge in [0.05, 0.1) is 22.7 Å². The van der Waals surface area contributed by atoms with E-state index in [1.807, 2.05) is 6.07 Å². The van der Waals surface area contributed by atoms with Gasteiger partial charge >= 0.3 is 0 Å². The minimum atomic E-state index is -0.624. The lowest BCUT2D eigenvalue weighted by Crippen LogP contribution is -2.15. The fourth-order valence-electron chi connectivity index (χ4n) is 2.76. The van der Waals surface area contributed by atoms with Crippen LogP contribution >= 0.6 is 23.4 Å². The molecule has 1 amide bonds. The molecule has 30 heavy (non-hydrogen) atoms. The number of ether oxygens (including phenoxy) is 2. The third-order valence-corrected chi connectivity index (χ3v) is 5.42. The highest BCUT2D eigenvalue weighted by atomic mass is 35.5. The van der Waals surface area contributed by atoms with Crippen LogP contribution in [0.15, 0.2) is 53.6 Å². The summed E-state index contributed by atoms with van der Waals surface area (Å²) >= 11 is 6.81. The number of nitriles is 1. The summed E-state index contributed by atoms with van der Waals surface area (Å²) in [6.45, 7) is 0.171. The van der Waals surface area contributed by atoms with E-state index in [2.05, 4.69) is 16.4 Å². The minimum Gasteiger partial charge on any atom is -0.454 e. The zero-order valence-corrected chi connectivity index (χ0v) is 16.9. The molecule has 1 aliphatic rings. The highest BCUT2D eigenvalue weighted by Crippen LogP contribution is 2.36.